The lowest BCUT2D eigenvalue weighted by molar-refractivity contribution is -0.172. The van der Waals surface area contributed by atoms with Crippen LogP contribution in [-0.4, -0.2) is 36.1 Å². The predicted molar refractivity (Wildman–Crippen MR) is 120 cm³/mol. The Balaban J connectivity index is 2.12. The molecule has 0 aromatic carbocycles. The van der Waals surface area contributed by atoms with Crippen LogP contribution in [0.2, 0.25) is 0 Å². The summed E-state index contributed by atoms with van der Waals surface area (Å²) in [6.07, 6.45) is 5.33. The molecule has 0 aromatic rings. The van der Waals surface area contributed by atoms with Crippen molar-refractivity contribution in [2.45, 2.75) is 105 Å². The SMILES string of the molecule is CC(=O)NC(C(=O)O[C@H]1C[C@@H](C)CC[C@@H]1C(C)C)C(=O)O[C@H]1C[C@@H](C)CC[C@@H]1C(C)C. The fourth-order valence-corrected chi connectivity index (χ4v) is 5.35. The van der Waals surface area contributed by atoms with Crippen LogP contribution < -0.4 is 5.32 Å². The molecule has 0 spiro atoms. The molecule has 0 bridgehead atoms. The van der Waals surface area contributed by atoms with Gasteiger partial charge in [-0.25, -0.2) is 9.59 Å². The topological polar surface area (TPSA) is 81.7 Å². The van der Waals surface area contributed by atoms with Crippen molar-refractivity contribution in [1.82, 2.24) is 5.32 Å². The van der Waals surface area contributed by atoms with Gasteiger partial charge in [-0.1, -0.05) is 54.4 Å². The standard InChI is InChI=1S/C25H43NO5/c1-14(2)19-10-8-16(5)12-21(19)30-24(28)23(26-18(7)27)25(29)31-22-13-17(6)9-11-20(22)15(3)4/h14-17,19-23H,8-13H2,1-7H3,(H,26,27)/t16-,17-,19+,20+,21-,22-/m0/s1. The molecule has 6 atom stereocenters. The minimum absolute atomic E-state index is 0.238. The molecule has 0 radical (unpaired) electrons. The number of hydrogen-bond acceptors (Lipinski definition) is 5. The normalized spacial score (nSPS) is 31.5. The summed E-state index contributed by atoms with van der Waals surface area (Å²) in [5.74, 6) is 0.374. The van der Waals surface area contributed by atoms with Crippen molar-refractivity contribution >= 4 is 17.8 Å². The molecular formula is C25H43NO5. The number of ether oxygens (including phenoxy) is 2. The molecule has 2 rings (SSSR count). The van der Waals surface area contributed by atoms with Crippen LogP contribution in [0.1, 0.15) is 87.0 Å². The lowest BCUT2D eigenvalue weighted by Crippen LogP contribution is -2.51. The number of hydrogen-bond donors (Lipinski definition) is 1. The number of carbonyl (C=O) groups is 3. The number of rotatable bonds is 7. The lowest BCUT2D eigenvalue weighted by atomic mass is 9.75. The zero-order chi connectivity index (χ0) is 23.3. The third kappa shape index (κ3) is 7.21. The molecule has 2 aliphatic rings. The molecule has 2 saturated carbocycles. The number of esters is 2. The quantitative estimate of drug-likeness (QED) is 0.468. The van der Waals surface area contributed by atoms with Crippen LogP contribution in [0, 0.1) is 35.5 Å². The summed E-state index contributed by atoms with van der Waals surface area (Å²) in [6, 6.07) is -1.41. The van der Waals surface area contributed by atoms with E-state index >= 15 is 0 Å². The molecule has 2 aliphatic carbocycles. The second-order valence-corrected chi connectivity index (χ2v) is 10.7. The van der Waals surface area contributed by atoms with E-state index in [1.807, 2.05) is 0 Å². The second-order valence-electron chi connectivity index (χ2n) is 10.7. The highest BCUT2D eigenvalue weighted by Crippen LogP contribution is 2.37. The van der Waals surface area contributed by atoms with Crippen molar-refractivity contribution in [3.05, 3.63) is 0 Å². The number of amides is 1. The zero-order valence-electron chi connectivity index (χ0n) is 20.5. The number of nitrogens with one attached hydrogen (secondary N) is 1. The molecule has 0 saturated heterocycles. The first kappa shape index (κ1) is 25.7. The van der Waals surface area contributed by atoms with Gasteiger partial charge in [-0.3, -0.25) is 4.79 Å². The van der Waals surface area contributed by atoms with Crippen LogP contribution in [-0.2, 0) is 23.9 Å². The lowest BCUT2D eigenvalue weighted by Gasteiger charge is -2.38. The van der Waals surface area contributed by atoms with Gasteiger partial charge in [0.2, 0.25) is 11.9 Å². The Labute approximate surface area is 188 Å². The fourth-order valence-electron chi connectivity index (χ4n) is 5.35. The molecule has 6 heteroatoms. The molecule has 178 valence electrons. The van der Waals surface area contributed by atoms with E-state index < -0.39 is 23.9 Å². The van der Waals surface area contributed by atoms with Crippen LogP contribution in [0.5, 0.6) is 0 Å². The van der Waals surface area contributed by atoms with Gasteiger partial charge in [0, 0.05) is 6.92 Å². The molecular weight excluding hydrogens is 394 g/mol. The van der Waals surface area contributed by atoms with Crippen molar-refractivity contribution in [2.24, 2.45) is 35.5 Å². The minimum atomic E-state index is -1.41. The van der Waals surface area contributed by atoms with Crippen LogP contribution in [0.4, 0.5) is 0 Å². The number of carbonyl (C=O) groups excluding carboxylic acids is 3. The van der Waals surface area contributed by atoms with Crippen LogP contribution >= 0.6 is 0 Å². The first-order valence-corrected chi connectivity index (χ1v) is 12.2. The van der Waals surface area contributed by atoms with E-state index in [-0.39, 0.29) is 24.0 Å². The van der Waals surface area contributed by atoms with E-state index in [0.717, 1.165) is 38.5 Å². The monoisotopic (exact) mass is 437 g/mol. The van der Waals surface area contributed by atoms with E-state index in [9.17, 15) is 14.4 Å². The third-order valence-corrected chi connectivity index (χ3v) is 7.28. The Morgan fingerprint density at radius 2 is 1.13 bits per heavy atom. The van der Waals surface area contributed by atoms with Gasteiger partial charge in [-0.15, -0.1) is 0 Å². The summed E-state index contributed by atoms with van der Waals surface area (Å²) in [4.78, 5) is 37.9. The molecule has 1 N–H and O–H groups in total. The maximum Gasteiger partial charge on any atom is 0.340 e. The largest absolute Gasteiger partial charge is 0.460 e. The van der Waals surface area contributed by atoms with Gasteiger partial charge in [0.1, 0.15) is 12.2 Å². The Bertz CT molecular complexity index is 585. The smallest absolute Gasteiger partial charge is 0.340 e. The van der Waals surface area contributed by atoms with Gasteiger partial charge in [0.25, 0.3) is 0 Å². The first-order valence-electron chi connectivity index (χ1n) is 12.2. The van der Waals surface area contributed by atoms with E-state index in [1.165, 1.54) is 6.92 Å². The van der Waals surface area contributed by atoms with Crippen molar-refractivity contribution in [3.8, 4) is 0 Å². The average Bonchev–Trinajstić information content (AvgIpc) is 2.65. The summed E-state index contributed by atoms with van der Waals surface area (Å²) in [5, 5.41) is 2.48. The maximum absolute atomic E-state index is 13.0. The van der Waals surface area contributed by atoms with E-state index in [2.05, 4.69) is 46.9 Å². The molecule has 6 nitrogen and oxygen atoms in total. The first-order chi connectivity index (χ1) is 14.5. The second kappa shape index (κ2) is 11.3. The van der Waals surface area contributed by atoms with Crippen molar-refractivity contribution in [2.75, 3.05) is 0 Å². The van der Waals surface area contributed by atoms with Gasteiger partial charge in [0.15, 0.2) is 0 Å². The Hall–Kier alpha value is -1.59. The molecule has 2 fully saturated rings. The Kier molecular flexibility index (Phi) is 9.38. The van der Waals surface area contributed by atoms with Gasteiger partial charge in [0.05, 0.1) is 0 Å². The summed E-state index contributed by atoms with van der Waals surface area (Å²) < 4.78 is 11.7. The van der Waals surface area contributed by atoms with Crippen molar-refractivity contribution in [3.63, 3.8) is 0 Å². The summed E-state index contributed by atoms with van der Waals surface area (Å²) in [7, 11) is 0. The summed E-state index contributed by atoms with van der Waals surface area (Å²) in [5.41, 5.74) is 0. The molecule has 1 amide bonds. The van der Waals surface area contributed by atoms with Crippen molar-refractivity contribution in [1.29, 1.82) is 0 Å². The molecule has 0 heterocycles. The Morgan fingerprint density at radius 1 is 0.742 bits per heavy atom. The van der Waals surface area contributed by atoms with E-state index in [0.29, 0.717) is 23.7 Å². The molecule has 31 heavy (non-hydrogen) atoms. The van der Waals surface area contributed by atoms with Gasteiger partial charge >= 0.3 is 11.9 Å². The highest BCUT2D eigenvalue weighted by Gasteiger charge is 2.40. The minimum Gasteiger partial charge on any atom is -0.460 e. The van der Waals surface area contributed by atoms with Crippen LogP contribution in [0.3, 0.4) is 0 Å². The Morgan fingerprint density at radius 3 is 1.45 bits per heavy atom. The average molecular weight is 438 g/mol. The highest BCUT2D eigenvalue weighted by molar-refractivity contribution is 6.02. The fraction of sp³-hybridized carbons (Fsp3) is 0.880. The van der Waals surface area contributed by atoms with Crippen LogP contribution in [0.25, 0.3) is 0 Å². The van der Waals surface area contributed by atoms with Gasteiger partial charge in [-0.05, 0) is 61.2 Å². The van der Waals surface area contributed by atoms with E-state index in [4.69, 9.17) is 9.47 Å². The molecule has 0 aliphatic heterocycles. The van der Waals surface area contributed by atoms with Gasteiger partial charge in [-0.2, -0.15) is 0 Å². The zero-order valence-corrected chi connectivity index (χ0v) is 20.5. The summed E-state index contributed by atoms with van der Waals surface area (Å²) >= 11 is 0. The molecule has 0 unspecified atom stereocenters. The predicted octanol–water partition coefficient (Wildman–Crippen LogP) is 4.50. The third-order valence-electron chi connectivity index (χ3n) is 7.28. The van der Waals surface area contributed by atoms with Crippen LogP contribution in [0.15, 0.2) is 0 Å². The maximum atomic E-state index is 13.0. The van der Waals surface area contributed by atoms with Crippen molar-refractivity contribution < 1.29 is 23.9 Å². The highest BCUT2D eigenvalue weighted by atomic mass is 16.6. The van der Waals surface area contributed by atoms with E-state index in [1.54, 1.807) is 0 Å². The van der Waals surface area contributed by atoms with Gasteiger partial charge < -0.3 is 14.8 Å². The molecule has 0 aromatic heterocycles. The summed E-state index contributed by atoms with van der Waals surface area (Å²) in [6.45, 7) is 14.2.